The van der Waals surface area contributed by atoms with Crippen molar-refractivity contribution in [1.29, 1.82) is 0 Å². The van der Waals surface area contributed by atoms with Crippen LogP contribution in [0.3, 0.4) is 0 Å². The van der Waals surface area contributed by atoms with Crippen molar-refractivity contribution in [3.05, 3.63) is 12.2 Å². The van der Waals surface area contributed by atoms with Gasteiger partial charge in [0.2, 0.25) is 5.91 Å². The molecular weight excluding hydrogens is 306 g/mol. The number of carbonyl (C=O) groups is 2. The maximum Gasteiger partial charge on any atom is 0.310 e. The highest BCUT2D eigenvalue weighted by Crippen LogP contribution is 2.56. The van der Waals surface area contributed by atoms with E-state index in [2.05, 4.69) is 5.32 Å². The van der Waals surface area contributed by atoms with Crippen LogP contribution in [0.25, 0.3) is 0 Å². The SMILES string of the molecule is C[C@@]1(C(=O)O)[C@@H]2C=C[C@@H](C2)[C@@H]1C(=O)NCC1CSCCS1. The van der Waals surface area contributed by atoms with Gasteiger partial charge >= 0.3 is 5.97 Å². The second-order valence-corrected chi connectivity index (χ2v) is 8.83. The molecule has 6 heteroatoms. The minimum atomic E-state index is -0.946. The summed E-state index contributed by atoms with van der Waals surface area (Å²) in [6.07, 6.45) is 4.82. The molecule has 2 N–H and O–H groups in total. The van der Waals surface area contributed by atoms with Crippen LogP contribution < -0.4 is 5.32 Å². The molecule has 0 aromatic heterocycles. The molecule has 0 aromatic carbocycles. The Morgan fingerprint density at radius 3 is 2.86 bits per heavy atom. The standard InChI is InChI=1S/C15H21NO3S2/c1-15(14(18)19)10-3-2-9(6-10)12(15)13(17)16-7-11-8-20-4-5-21-11/h2-3,9-12H,4-8H2,1H3,(H,16,17)(H,18,19)/t9-,10+,11?,12+,15+/m0/s1. The first kappa shape index (κ1) is 15.3. The summed E-state index contributed by atoms with van der Waals surface area (Å²) >= 11 is 3.83. The Labute approximate surface area is 133 Å². The largest absolute Gasteiger partial charge is 0.481 e. The fraction of sp³-hybridized carbons (Fsp3) is 0.733. The minimum Gasteiger partial charge on any atom is -0.481 e. The van der Waals surface area contributed by atoms with Gasteiger partial charge in [-0.2, -0.15) is 23.5 Å². The molecule has 0 radical (unpaired) electrons. The number of thioether (sulfide) groups is 2. The zero-order valence-electron chi connectivity index (χ0n) is 12.1. The molecule has 2 aliphatic carbocycles. The smallest absolute Gasteiger partial charge is 0.310 e. The van der Waals surface area contributed by atoms with E-state index in [1.807, 2.05) is 35.7 Å². The first-order valence-electron chi connectivity index (χ1n) is 7.42. The predicted octanol–water partition coefficient (Wildman–Crippen LogP) is 1.86. The summed E-state index contributed by atoms with van der Waals surface area (Å²) in [6.45, 7) is 2.39. The Morgan fingerprint density at radius 2 is 2.19 bits per heavy atom. The number of hydrogen-bond acceptors (Lipinski definition) is 4. The lowest BCUT2D eigenvalue weighted by atomic mass is 9.69. The van der Waals surface area contributed by atoms with Gasteiger partial charge in [0.25, 0.3) is 0 Å². The average Bonchev–Trinajstić information content (AvgIpc) is 3.05. The maximum atomic E-state index is 12.6. The second-order valence-electron chi connectivity index (χ2n) is 6.27. The molecule has 3 aliphatic rings. The van der Waals surface area contributed by atoms with Crippen LogP contribution in [0, 0.1) is 23.2 Å². The zero-order chi connectivity index (χ0) is 15.0. The number of allylic oxidation sites excluding steroid dienone is 2. The number of carbonyl (C=O) groups excluding carboxylic acids is 1. The summed E-state index contributed by atoms with van der Waals surface area (Å²) in [4.78, 5) is 24.3. The summed E-state index contributed by atoms with van der Waals surface area (Å²) in [5, 5.41) is 13.1. The van der Waals surface area contributed by atoms with Crippen molar-refractivity contribution in [2.24, 2.45) is 23.2 Å². The number of nitrogens with one attached hydrogen (secondary N) is 1. The molecule has 1 unspecified atom stereocenters. The number of aliphatic carboxylic acids is 1. The molecule has 2 bridgehead atoms. The third kappa shape index (κ3) is 2.61. The van der Waals surface area contributed by atoms with Crippen LogP contribution >= 0.6 is 23.5 Å². The van der Waals surface area contributed by atoms with Gasteiger partial charge < -0.3 is 10.4 Å². The number of carboxylic acids is 1. The monoisotopic (exact) mass is 327 g/mol. The van der Waals surface area contributed by atoms with Gasteiger partial charge in [0.15, 0.2) is 0 Å². The third-order valence-corrected chi connectivity index (χ3v) is 7.94. The van der Waals surface area contributed by atoms with Crippen LogP contribution in [-0.2, 0) is 9.59 Å². The highest BCUT2D eigenvalue weighted by atomic mass is 32.2. The van der Waals surface area contributed by atoms with Crippen LogP contribution in [0.15, 0.2) is 12.2 Å². The predicted molar refractivity (Wildman–Crippen MR) is 86.6 cm³/mol. The van der Waals surface area contributed by atoms with E-state index in [-0.39, 0.29) is 17.7 Å². The third-order valence-electron chi connectivity index (χ3n) is 5.09. The number of hydrogen-bond donors (Lipinski definition) is 2. The van der Waals surface area contributed by atoms with Crippen molar-refractivity contribution in [2.45, 2.75) is 18.6 Å². The molecule has 5 atom stereocenters. The van der Waals surface area contributed by atoms with Crippen molar-refractivity contribution in [3.63, 3.8) is 0 Å². The van der Waals surface area contributed by atoms with Crippen molar-refractivity contribution in [1.82, 2.24) is 5.32 Å². The van der Waals surface area contributed by atoms with Gasteiger partial charge in [-0.15, -0.1) is 0 Å². The molecular formula is C15H21NO3S2. The van der Waals surface area contributed by atoms with Gasteiger partial charge in [0.05, 0.1) is 11.3 Å². The van der Waals surface area contributed by atoms with E-state index in [0.717, 1.165) is 17.9 Å². The van der Waals surface area contributed by atoms with E-state index in [4.69, 9.17) is 0 Å². The van der Waals surface area contributed by atoms with Crippen LogP contribution in [-0.4, -0.2) is 46.0 Å². The van der Waals surface area contributed by atoms with Crippen molar-refractivity contribution in [2.75, 3.05) is 23.8 Å². The molecule has 21 heavy (non-hydrogen) atoms. The molecule has 0 spiro atoms. The molecule has 1 saturated heterocycles. The van der Waals surface area contributed by atoms with E-state index in [1.165, 1.54) is 5.75 Å². The number of rotatable bonds is 4. The van der Waals surface area contributed by atoms with Gasteiger partial charge in [0, 0.05) is 29.1 Å². The highest BCUT2D eigenvalue weighted by Gasteiger charge is 2.60. The number of carboxylic acid groups (broad SMARTS) is 1. The Kier molecular flexibility index (Phi) is 4.28. The summed E-state index contributed by atoms with van der Waals surface area (Å²) < 4.78 is 0. The van der Waals surface area contributed by atoms with Crippen LogP contribution in [0.1, 0.15) is 13.3 Å². The van der Waals surface area contributed by atoms with E-state index in [9.17, 15) is 14.7 Å². The van der Waals surface area contributed by atoms with Gasteiger partial charge in [-0.3, -0.25) is 9.59 Å². The molecule has 1 heterocycles. The van der Waals surface area contributed by atoms with Crippen molar-refractivity contribution >= 4 is 35.4 Å². The van der Waals surface area contributed by atoms with Gasteiger partial charge in [-0.25, -0.2) is 0 Å². The molecule has 1 aliphatic heterocycles. The van der Waals surface area contributed by atoms with Crippen LogP contribution in [0.4, 0.5) is 0 Å². The van der Waals surface area contributed by atoms with E-state index < -0.39 is 17.3 Å². The average molecular weight is 327 g/mol. The molecule has 1 amide bonds. The number of amides is 1. The molecule has 2 fully saturated rings. The maximum absolute atomic E-state index is 12.6. The Bertz CT molecular complexity index is 476. The summed E-state index contributed by atoms with van der Waals surface area (Å²) in [5.41, 5.74) is -0.946. The first-order chi connectivity index (χ1) is 10.0. The van der Waals surface area contributed by atoms with E-state index in [0.29, 0.717) is 11.8 Å². The van der Waals surface area contributed by atoms with Crippen LogP contribution in [0.5, 0.6) is 0 Å². The van der Waals surface area contributed by atoms with Crippen molar-refractivity contribution in [3.8, 4) is 0 Å². The fourth-order valence-corrected chi connectivity index (χ4v) is 6.44. The molecule has 1 saturated carbocycles. The minimum absolute atomic E-state index is 0.00430. The highest BCUT2D eigenvalue weighted by molar-refractivity contribution is 8.06. The Hall–Kier alpha value is -0.620. The van der Waals surface area contributed by atoms with Gasteiger partial charge in [-0.05, 0) is 25.2 Å². The fourth-order valence-electron chi connectivity index (χ4n) is 3.83. The summed E-state index contributed by atoms with van der Waals surface area (Å²) in [6, 6.07) is 0. The number of fused-ring (bicyclic) bond motifs is 2. The normalized spacial score (nSPS) is 41.2. The zero-order valence-corrected chi connectivity index (χ0v) is 13.7. The molecule has 3 rings (SSSR count). The first-order valence-corrected chi connectivity index (χ1v) is 9.62. The molecule has 116 valence electrons. The lowest BCUT2D eigenvalue weighted by Gasteiger charge is -2.34. The lowest BCUT2D eigenvalue weighted by Crippen LogP contribution is -2.48. The summed E-state index contributed by atoms with van der Waals surface area (Å²) in [7, 11) is 0. The Morgan fingerprint density at radius 1 is 1.38 bits per heavy atom. The molecule has 4 nitrogen and oxygen atoms in total. The van der Waals surface area contributed by atoms with Gasteiger partial charge in [-0.1, -0.05) is 12.2 Å². The van der Waals surface area contributed by atoms with Gasteiger partial charge in [0.1, 0.15) is 0 Å². The quantitative estimate of drug-likeness (QED) is 0.772. The topological polar surface area (TPSA) is 66.4 Å². The van der Waals surface area contributed by atoms with Crippen molar-refractivity contribution < 1.29 is 14.7 Å². The van der Waals surface area contributed by atoms with E-state index >= 15 is 0 Å². The second kappa shape index (κ2) is 5.88. The molecule has 0 aromatic rings. The summed E-state index contributed by atoms with van der Waals surface area (Å²) in [5.74, 6) is 2.12. The lowest BCUT2D eigenvalue weighted by molar-refractivity contribution is -0.156. The van der Waals surface area contributed by atoms with E-state index in [1.54, 1.807) is 6.92 Å². The van der Waals surface area contributed by atoms with Crippen LogP contribution in [0.2, 0.25) is 0 Å². The Balaban J connectivity index is 1.66.